The van der Waals surface area contributed by atoms with Crippen LogP contribution < -0.4 is 4.74 Å². The van der Waals surface area contributed by atoms with E-state index in [2.05, 4.69) is 0 Å². The van der Waals surface area contributed by atoms with E-state index in [-0.39, 0.29) is 0 Å². The van der Waals surface area contributed by atoms with E-state index in [0.29, 0.717) is 12.2 Å². The molecule has 0 amide bonds. The normalized spacial score (nSPS) is 12.6. The van der Waals surface area contributed by atoms with Crippen molar-refractivity contribution >= 4 is 12.0 Å². The summed E-state index contributed by atoms with van der Waals surface area (Å²) in [5.74, 6) is -0.280. The number of hydrogen-bond donors (Lipinski definition) is 1. The molecule has 0 heterocycles. The Morgan fingerprint density at radius 3 is 2.78 bits per heavy atom. The number of para-hydroxylation sites is 1. The fourth-order valence-corrected chi connectivity index (χ4v) is 1.68. The molecule has 1 unspecified atom stereocenters. The highest BCUT2D eigenvalue weighted by Crippen LogP contribution is 2.22. The third-order valence-electron chi connectivity index (χ3n) is 2.63. The fourth-order valence-electron chi connectivity index (χ4n) is 1.68. The maximum absolute atomic E-state index is 11.1. The molecule has 98 valence electrons. The summed E-state index contributed by atoms with van der Waals surface area (Å²) in [7, 11) is 0. The van der Waals surface area contributed by atoms with Gasteiger partial charge in [0.05, 0.1) is 0 Å². The Morgan fingerprint density at radius 1 is 1.44 bits per heavy atom. The van der Waals surface area contributed by atoms with Gasteiger partial charge in [-0.3, -0.25) is 0 Å². The van der Waals surface area contributed by atoms with Gasteiger partial charge in [0.25, 0.3) is 0 Å². The molecule has 0 aromatic heterocycles. The molecule has 1 aromatic carbocycles. The van der Waals surface area contributed by atoms with Crippen molar-refractivity contribution < 1.29 is 14.6 Å². The summed E-state index contributed by atoms with van der Waals surface area (Å²) in [5, 5.41) is 9.14. The van der Waals surface area contributed by atoms with E-state index >= 15 is 0 Å². The third kappa shape index (κ3) is 4.24. The number of rotatable bonds is 7. The standard InChI is InChI=1S/C15H20O3/c1-3-5-10-14(15(16)17)18-13-11-7-6-9-12(13)8-4-2/h4,6-9,11,14H,3,5,10H2,1-2H3,(H,16,17)/b8-4+. The molecule has 1 rings (SSSR count). The summed E-state index contributed by atoms with van der Waals surface area (Å²) >= 11 is 0. The van der Waals surface area contributed by atoms with Gasteiger partial charge < -0.3 is 9.84 Å². The maximum atomic E-state index is 11.1. The van der Waals surface area contributed by atoms with Gasteiger partial charge in [0.1, 0.15) is 5.75 Å². The van der Waals surface area contributed by atoms with Gasteiger partial charge in [-0.1, -0.05) is 43.7 Å². The van der Waals surface area contributed by atoms with Crippen LogP contribution in [0.2, 0.25) is 0 Å². The van der Waals surface area contributed by atoms with Crippen LogP contribution in [0.25, 0.3) is 6.08 Å². The number of hydrogen-bond acceptors (Lipinski definition) is 2. The number of ether oxygens (including phenoxy) is 1. The highest BCUT2D eigenvalue weighted by Gasteiger charge is 2.19. The van der Waals surface area contributed by atoms with E-state index in [4.69, 9.17) is 9.84 Å². The monoisotopic (exact) mass is 248 g/mol. The van der Waals surface area contributed by atoms with Gasteiger partial charge in [-0.25, -0.2) is 4.79 Å². The molecule has 1 N–H and O–H groups in total. The molecule has 0 spiro atoms. The lowest BCUT2D eigenvalue weighted by atomic mass is 10.1. The molecule has 0 saturated heterocycles. The van der Waals surface area contributed by atoms with E-state index in [1.54, 1.807) is 6.07 Å². The Kier molecular flexibility index (Phi) is 5.98. The van der Waals surface area contributed by atoms with Crippen LogP contribution >= 0.6 is 0 Å². The summed E-state index contributed by atoms with van der Waals surface area (Å²) in [6, 6.07) is 7.47. The molecule has 0 aliphatic carbocycles. The first-order valence-electron chi connectivity index (χ1n) is 6.30. The van der Waals surface area contributed by atoms with Crippen molar-refractivity contribution in [2.24, 2.45) is 0 Å². The summed E-state index contributed by atoms with van der Waals surface area (Å²) < 4.78 is 5.61. The van der Waals surface area contributed by atoms with Crippen LogP contribution in [-0.4, -0.2) is 17.2 Å². The SMILES string of the molecule is C/C=C/c1ccccc1OC(CCCC)C(=O)O. The quantitative estimate of drug-likeness (QED) is 0.799. The molecule has 0 radical (unpaired) electrons. The summed E-state index contributed by atoms with van der Waals surface area (Å²) in [6.07, 6.45) is 5.40. The number of unbranched alkanes of at least 4 members (excludes halogenated alkanes) is 1. The highest BCUT2D eigenvalue weighted by molar-refractivity contribution is 5.73. The van der Waals surface area contributed by atoms with E-state index in [0.717, 1.165) is 18.4 Å². The molecular formula is C15H20O3. The Bertz CT molecular complexity index is 410. The van der Waals surface area contributed by atoms with Crippen molar-refractivity contribution in [3.8, 4) is 5.75 Å². The minimum absolute atomic E-state index is 0.538. The van der Waals surface area contributed by atoms with Crippen LogP contribution in [0.15, 0.2) is 30.3 Å². The van der Waals surface area contributed by atoms with Crippen molar-refractivity contribution in [2.75, 3.05) is 0 Å². The van der Waals surface area contributed by atoms with Crippen molar-refractivity contribution in [3.05, 3.63) is 35.9 Å². The zero-order valence-electron chi connectivity index (χ0n) is 10.9. The number of benzene rings is 1. The molecule has 1 aromatic rings. The summed E-state index contributed by atoms with van der Waals surface area (Å²) in [6.45, 7) is 3.95. The molecule has 0 saturated carbocycles. The van der Waals surface area contributed by atoms with Crippen molar-refractivity contribution in [1.29, 1.82) is 0 Å². The van der Waals surface area contributed by atoms with Crippen molar-refractivity contribution in [3.63, 3.8) is 0 Å². The first kappa shape index (κ1) is 14.3. The smallest absolute Gasteiger partial charge is 0.344 e. The molecule has 3 heteroatoms. The van der Waals surface area contributed by atoms with Crippen LogP contribution in [0.4, 0.5) is 0 Å². The lowest BCUT2D eigenvalue weighted by Gasteiger charge is -2.16. The molecule has 18 heavy (non-hydrogen) atoms. The molecule has 1 atom stereocenters. The van der Waals surface area contributed by atoms with Gasteiger partial charge in [-0.05, 0) is 25.8 Å². The van der Waals surface area contributed by atoms with Crippen LogP contribution in [0.1, 0.15) is 38.7 Å². The first-order chi connectivity index (χ1) is 8.69. The zero-order valence-corrected chi connectivity index (χ0v) is 10.9. The number of aliphatic carboxylic acids is 1. The largest absolute Gasteiger partial charge is 0.479 e. The second kappa shape index (κ2) is 7.54. The van der Waals surface area contributed by atoms with Gasteiger partial charge in [-0.2, -0.15) is 0 Å². The lowest BCUT2D eigenvalue weighted by Crippen LogP contribution is -2.27. The van der Waals surface area contributed by atoms with Gasteiger partial charge in [0.2, 0.25) is 0 Å². The van der Waals surface area contributed by atoms with E-state index < -0.39 is 12.1 Å². The third-order valence-corrected chi connectivity index (χ3v) is 2.63. The molecule has 3 nitrogen and oxygen atoms in total. The van der Waals surface area contributed by atoms with Gasteiger partial charge >= 0.3 is 5.97 Å². The number of allylic oxidation sites excluding steroid dienone is 1. The van der Waals surface area contributed by atoms with Crippen molar-refractivity contribution in [2.45, 2.75) is 39.2 Å². The predicted octanol–water partition coefficient (Wildman–Crippen LogP) is 3.74. The van der Waals surface area contributed by atoms with Crippen LogP contribution in [-0.2, 0) is 4.79 Å². The Hall–Kier alpha value is -1.77. The second-order valence-corrected chi connectivity index (χ2v) is 4.12. The number of carboxylic acid groups (broad SMARTS) is 1. The van der Waals surface area contributed by atoms with Gasteiger partial charge in [0, 0.05) is 5.56 Å². The van der Waals surface area contributed by atoms with E-state index in [1.165, 1.54) is 0 Å². The van der Waals surface area contributed by atoms with Gasteiger partial charge in [0.15, 0.2) is 6.10 Å². The lowest BCUT2D eigenvalue weighted by molar-refractivity contribution is -0.145. The average molecular weight is 248 g/mol. The second-order valence-electron chi connectivity index (χ2n) is 4.12. The first-order valence-corrected chi connectivity index (χ1v) is 6.30. The van der Waals surface area contributed by atoms with Gasteiger partial charge in [-0.15, -0.1) is 0 Å². The van der Waals surface area contributed by atoms with Crippen molar-refractivity contribution in [1.82, 2.24) is 0 Å². The summed E-state index contributed by atoms with van der Waals surface area (Å²) in [5.41, 5.74) is 0.905. The molecule has 0 bridgehead atoms. The molecule has 0 fully saturated rings. The summed E-state index contributed by atoms with van der Waals surface area (Å²) in [4.78, 5) is 11.1. The van der Waals surface area contributed by atoms with Crippen LogP contribution in [0.5, 0.6) is 5.75 Å². The van der Waals surface area contributed by atoms with E-state index in [9.17, 15) is 4.79 Å². The Balaban J connectivity index is 2.82. The topological polar surface area (TPSA) is 46.5 Å². The predicted molar refractivity (Wildman–Crippen MR) is 72.7 cm³/mol. The zero-order chi connectivity index (χ0) is 13.4. The average Bonchev–Trinajstić information content (AvgIpc) is 2.36. The molecule has 0 aliphatic heterocycles. The Labute approximate surface area is 108 Å². The number of carboxylic acids is 1. The highest BCUT2D eigenvalue weighted by atomic mass is 16.5. The van der Waals surface area contributed by atoms with Crippen LogP contribution in [0.3, 0.4) is 0 Å². The number of carbonyl (C=O) groups is 1. The minimum atomic E-state index is -0.904. The molecule has 0 aliphatic rings. The Morgan fingerprint density at radius 2 is 2.17 bits per heavy atom. The molecular weight excluding hydrogens is 228 g/mol. The van der Waals surface area contributed by atoms with Crippen LogP contribution in [0, 0.1) is 0 Å². The maximum Gasteiger partial charge on any atom is 0.344 e. The fraction of sp³-hybridized carbons (Fsp3) is 0.400. The minimum Gasteiger partial charge on any atom is -0.479 e. The van der Waals surface area contributed by atoms with E-state index in [1.807, 2.05) is 44.2 Å².